The number of unbranched alkanes of at least 4 members (excludes halogenated alkanes) is 2. The zero-order chi connectivity index (χ0) is 30.6. The van der Waals surface area contributed by atoms with Gasteiger partial charge < -0.3 is 20.3 Å². The van der Waals surface area contributed by atoms with Crippen LogP contribution in [0.1, 0.15) is 124 Å². The maximum absolute atomic E-state index is 14.6. The number of aryl methyl sites for hydroxylation is 2. The van der Waals surface area contributed by atoms with Gasteiger partial charge in [-0.2, -0.15) is 0 Å². The normalized spacial score (nSPS) is 14.7. The van der Waals surface area contributed by atoms with Crippen molar-refractivity contribution < 1.29 is 19.1 Å². The van der Waals surface area contributed by atoms with E-state index in [9.17, 15) is 14.4 Å². The first-order chi connectivity index (χ1) is 18.6. The van der Waals surface area contributed by atoms with Gasteiger partial charge in [-0.05, 0) is 83.8 Å². The molecule has 0 aliphatic carbocycles. The van der Waals surface area contributed by atoms with E-state index in [4.69, 9.17) is 4.74 Å². The molecule has 4 atom stereocenters. The number of carbonyl (C=O) groups is 3. The fourth-order valence-corrected chi connectivity index (χ4v) is 4.82. The molecule has 0 heterocycles. The molecule has 0 bridgehead atoms. The first-order valence-electron chi connectivity index (χ1n) is 15.3. The molecule has 0 aromatic heterocycles. The number of nitrogens with one attached hydrogen (secondary N) is 2. The number of hydrogen-bond acceptors (Lipinski definition) is 4. The van der Waals surface area contributed by atoms with Crippen LogP contribution in [0.2, 0.25) is 0 Å². The summed E-state index contributed by atoms with van der Waals surface area (Å²) in [6.45, 7) is 22.4. The molecule has 4 unspecified atom stereocenters. The Morgan fingerprint density at radius 2 is 1.62 bits per heavy atom. The van der Waals surface area contributed by atoms with E-state index in [1.54, 1.807) is 25.7 Å². The van der Waals surface area contributed by atoms with Crippen molar-refractivity contribution in [1.82, 2.24) is 15.5 Å². The minimum absolute atomic E-state index is 0.160. The van der Waals surface area contributed by atoms with Crippen LogP contribution in [0.3, 0.4) is 0 Å². The number of amides is 3. The number of nitrogens with zero attached hydrogens (tertiary/aromatic N) is 1. The molecule has 1 aromatic carbocycles. The Bertz CT molecular complexity index is 954. The summed E-state index contributed by atoms with van der Waals surface area (Å²) in [5.74, 6) is -0.155. The molecule has 0 aliphatic heterocycles. The molecule has 0 saturated heterocycles. The van der Waals surface area contributed by atoms with E-state index >= 15 is 0 Å². The quantitative estimate of drug-likeness (QED) is 0.222. The standard InChI is InChI=1S/C33H57N3O4/c1-12-14-15-20-34-30(37)29(27-19-17-23(5)21-25(27)7)36(26(8)18-16-22(3)4)31(38)28(24(6)13-2)35-32(39)40-33(9,10)11/h17,19,21-22,24,26,28-29H,12-16,18,20H2,1-11H3,(H,34,37)(H,35,39). The van der Waals surface area contributed by atoms with Crippen molar-refractivity contribution in [2.75, 3.05) is 6.54 Å². The van der Waals surface area contributed by atoms with Crippen LogP contribution >= 0.6 is 0 Å². The van der Waals surface area contributed by atoms with Crippen LogP contribution in [0.4, 0.5) is 4.79 Å². The molecule has 7 nitrogen and oxygen atoms in total. The maximum atomic E-state index is 14.6. The van der Waals surface area contributed by atoms with Gasteiger partial charge in [0.15, 0.2) is 0 Å². The second-order valence-electron chi connectivity index (χ2n) is 12.8. The van der Waals surface area contributed by atoms with Crippen molar-refractivity contribution in [1.29, 1.82) is 0 Å². The van der Waals surface area contributed by atoms with Crippen molar-refractivity contribution in [3.63, 3.8) is 0 Å². The average molecular weight is 560 g/mol. The van der Waals surface area contributed by atoms with Crippen LogP contribution in [-0.4, -0.2) is 47.0 Å². The third-order valence-corrected chi connectivity index (χ3v) is 7.37. The molecule has 0 fully saturated rings. The Labute approximate surface area is 244 Å². The minimum atomic E-state index is -0.831. The Hall–Kier alpha value is -2.57. The van der Waals surface area contributed by atoms with E-state index < -0.39 is 23.8 Å². The lowest BCUT2D eigenvalue weighted by atomic mass is 9.91. The molecule has 2 N–H and O–H groups in total. The van der Waals surface area contributed by atoms with Crippen molar-refractivity contribution in [2.45, 2.75) is 138 Å². The highest BCUT2D eigenvalue weighted by atomic mass is 16.6. The number of ether oxygens (including phenoxy) is 1. The summed E-state index contributed by atoms with van der Waals surface area (Å²) < 4.78 is 5.53. The van der Waals surface area contributed by atoms with Crippen LogP contribution in [-0.2, 0) is 14.3 Å². The molecule has 40 heavy (non-hydrogen) atoms. The zero-order valence-corrected chi connectivity index (χ0v) is 27.1. The summed E-state index contributed by atoms with van der Waals surface area (Å²) in [5, 5.41) is 5.99. The molecule has 3 amide bonds. The van der Waals surface area contributed by atoms with Crippen molar-refractivity contribution in [2.24, 2.45) is 11.8 Å². The van der Waals surface area contributed by atoms with Crippen LogP contribution in [0.5, 0.6) is 0 Å². The number of alkyl carbamates (subject to hydrolysis) is 1. The van der Waals surface area contributed by atoms with E-state index in [0.29, 0.717) is 18.9 Å². The fraction of sp³-hybridized carbons (Fsp3) is 0.727. The van der Waals surface area contributed by atoms with Gasteiger partial charge in [0.25, 0.3) is 0 Å². The average Bonchev–Trinajstić information content (AvgIpc) is 2.85. The van der Waals surface area contributed by atoms with Gasteiger partial charge in [0, 0.05) is 12.6 Å². The van der Waals surface area contributed by atoms with Crippen molar-refractivity contribution in [3.05, 3.63) is 34.9 Å². The molecule has 0 saturated carbocycles. The second kappa shape index (κ2) is 16.6. The lowest BCUT2D eigenvalue weighted by Crippen LogP contribution is -2.57. The van der Waals surface area contributed by atoms with Gasteiger partial charge in [-0.25, -0.2) is 4.79 Å². The number of rotatable bonds is 15. The monoisotopic (exact) mass is 559 g/mol. The summed E-state index contributed by atoms with van der Waals surface area (Å²) in [6.07, 6.45) is 4.67. The van der Waals surface area contributed by atoms with Crippen LogP contribution in [0.25, 0.3) is 0 Å². The van der Waals surface area contributed by atoms with E-state index in [1.165, 1.54) is 0 Å². The number of hydrogen-bond donors (Lipinski definition) is 2. The zero-order valence-electron chi connectivity index (χ0n) is 27.1. The van der Waals surface area contributed by atoms with Crippen molar-refractivity contribution >= 4 is 17.9 Å². The molecule has 1 rings (SSSR count). The van der Waals surface area contributed by atoms with E-state index in [1.807, 2.05) is 46.8 Å². The number of benzene rings is 1. The minimum Gasteiger partial charge on any atom is -0.444 e. The predicted molar refractivity (Wildman–Crippen MR) is 164 cm³/mol. The Kier molecular flexibility index (Phi) is 14.7. The SMILES string of the molecule is CCCCCNC(=O)C(c1ccc(C)cc1C)N(C(=O)C(NC(=O)OC(C)(C)C)C(C)CC)C(C)CCC(C)C. The largest absolute Gasteiger partial charge is 0.444 e. The lowest BCUT2D eigenvalue weighted by molar-refractivity contribution is -0.146. The van der Waals surface area contributed by atoms with Crippen LogP contribution < -0.4 is 10.6 Å². The summed E-state index contributed by atoms with van der Waals surface area (Å²) >= 11 is 0. The Morgan fingerprint density at radius 1 is 0.975 bits per heavy atom. The molecular formula is C33H57N3O4. The smallest absolute Gasteiger partial charge is 0.408 e. The van der Waals surface area contributed by atoms with Gasteiger partial charge in [0.1, 0.15) is 17.7 Å². The topological polar surface area (TPSA) is 87.7 Å². The highest BCUT2D eigenvalue weighted by Gasteiger charge is 2.40. The van der Waals surface area contributed by atoms with Gasteiger partial charge in [-0.3, -0.25) is 9.59 Å². The van der Waals surface area contributed by atoms with Gasteiger partial charge in [-0.15, -0.1) is 0 Å². The van der Waals surface area contributed by atoms with E-state index in [0.717, 1.165) is 48.8 Å². The van der Waals surface area contributed by atoms with Gasteiger partial charge in [0.2, 0.25) is 11.8 Å². The van der Waals surface area contributed by atoms with E-state index in [2.05, 4.69) is 37.5 Å². The first-order valence-corrected chi connectivity index (χ1v) is 15.3. The van der Waals surface area contributed by atoms with Gasteiger partial charge >= 0.3 is 6.09 Å². The van der Waals surface area contributed by atoms with Gasteiger partial charge in [-0.1, -0.05) is 77.6 Å². The first kappa shape index (κ1) is 35.5. The van der Waals surface area contributed by atoms with Crippen LogP contribution in [0, 0.1) is 25.7 Å². The fourth-order valence-electron chi connectivity index (χ4n) is 4.82. The van der Waals surface area contributed by atoms with Crippen molar-refractivity contribution in [3.8, 4) is 0 Å². The molecule has 0 aliphatic rings. The summed E-state index contributed by atoms with van der Waals surface area (Å²) in [7, 11) is 0. The third kappa shape index (κ3) is 11.5. The highest BCUT2D eigenvalue weighted by molar-refractivity contribution is 5.92. The van der Waals surface area contributed by atoms with E-state index in [-0.39, 0.29) is 23.8 Å². The molecule has 0 spiro atoms. The maximum Gasteiger partial charge on any atom is 0.408 e. The molecule has 228 valence electrons. The summed E-state index contributed by atoms with van der Waals surface area (Å²) in [5.41, 5.74) is 2.17. The van der Waals surface area contributed by atoms with Gasteiger partial charge in [0.05, 0.1) is 0 Å². The third-order valence-electron chi connectivity index (χ3n) is 7.37. The lowest BCUT2D eigenvalue weighted by Gasteiger charge is -2.40. The Morgan fingerprint density at radius 3 is 2.15 bits per heavy atom. The molecular weight excluding hydrogens is 502 g/mol. The molecule has 0 radical (unpaired) electrons. The molecule has 7 heteroatoms. The summed E-state index contributed by atoms with van der Waals surface area (Å²) in [4.78, 5) is 43.2. The van der Waals surface area contributed by atoms with Crippen LogP contribution in [0.15, 0.2) is 18.2 Å². The molecule has 1 aromatic rings. The predicted octanol–water partition coefficient (Wildman–Crippen LogP) is 7.24. The highest BCUT2D eigenvalue weighted by Crippen LogP contribution is 2.31. The second-order valence-corrected chi connectivity index (χ2v) is 12.8. The number of carbonyl (C=O) groups excluding carboxylic acids is 3. The Balaban J connectivity index is 3.66. The summed E-state index contributed by atoms with van der Waals surface area (Å²) in [6, 6.07) is 4.14.